The van der Waals surface area contributed by atoms with Crippen LogP contribution in [0.3, 0.4) is 0 Å². The van der Waals surface area contributed by atoms with Gasteiger partial charge in [0.1, 0.15) is 0 Å². The van der Waals surface area contributed by atoms with Gasteiger partial charge in [-0.2, -0.15) is 0 Å². The molecule has 6 heteroatoms. The molecule has 0 saturated carbocycles. The zero-order valence-corrected chi connectivity index (χ0v) is 18.5. The van der Waals surface area contributed by atoms with Crippen LogP contribution in [0, 0.1) is 0 Å². The standard InChI is InChI=1S/C22H36N2O3S/c1-4-14-23(15-7-8-17-24-16-6-5-9-22(24)25)19(2)18-20-10-12-21(13-11-20)28(3,26)27/h10-13,19H,4-9,14-18H2,1-3H3. The van der Waals surface area contributed by atoms with Crippen LogP contribution in [0.15, 0.2) is 29.2 Å². The van der Waals surface area contributed by atoms with Gasteiger partial charge >= 0.3 is 0 Å². The van der Waals surface area contributed by atoms with Gasteiger partial charge in [-0.3, -0.25) is 4.79 Å². The number of hydrogen-bond donors (Lipinski definition) is 0. The average molecular weight is 409 g/mol. The quantitative estimate of drug-likeness (QED) is 0.526. The first kappa shape index (κ1) is 22.9. The van der Waals surface area contributed by atoms with E-state index >= 15 is 0 Å². The van der Waals surface area contributed by atoms with E-state index in [1.54, 1.807) is 12.1 Å². The Bertz CT molecular complexity index is 716. The maximum atomic E-state index is 11.9. The zero-order valence-electron chi connectivity index (χ0n) is 17.7. The summed E-state index contributed by atoms with van der Waals surface area (Å²) in [4.78, 5) is 16.8. The Hall–Kier alpha value is -1.40. The van der Waals surface area contributed by atoms with Crippen LogP contribution >= 0.6 is 0 Å². The first-order valence-corrected chi connectivity index (χ1v) is 12.5. The SMILES string of the molecule is CCCN(CCCCN1CCCCC1=O)C(C)Cc1ccc(S(C)(=O)=O)cc1. The molecule has 0 aliphatic carbocycles. The van der Waals surface area contributed by atoms with Crippen LogP contribution in [0.1, 0.15) is 57.9 Å². The summed E-state index contributed by atoms with van der Waals surface area (Å²) in [5.74, 6) is 0.322. The van der Waals surface area contributed by atoms with Crippen LogP contribution in [0.4, 0.5) is 0 Å². The lowest BCUT2D eigenvalue weighted by atomic mass is 10.1. The lowest BCUT2D eigenvalue weighted by molar-refractivity contribution is -0.133. The Morgan fingerprint density at radius 2 is 1.82 bits per heavy atom. The molecule has 1 aromatic carbocycles. The second-order valence-corrected chi connectivity index (χ2v) is 10.1. The molecule has 5 nitrogen and oxygen atoms in total. The van der Waals surface area contributed by atoms with Gasteiger partial charge in [-0.1, -0.05) is 19.1 Å². The molecule has 0 aromatic heterocycles. The first-order valence-electron chi connectivity index (χ1n) is 10.6. The molecular weight excluding hydrogens is 372 g/mol. The van der Waals surface area contributed by atoms with Gasteiger partial charge in [0.05, 0.1) is 4.90 Å². The number of carbonyl (C=O) groups excluding carboxylic acids is 1. The summed E-state index contributed by atoms with van der Waals surface area (Å²) in [6.07, 6.45) is 8.33. The van der Waals surface area contributed by atoms with E-state index in [1.165, 1.54) is 11.8 Å². The van der Waals surface area contributed by atoms with Crippen molar-refractivity contribution in [1.82, 2.24) is 9.80 Å². The molecule has 0 radical (unpaired) electrons. The Labute approximate surface area is 171 Å². The van der Waals surface area contributed by atoms with E-state index in [2.05, 4.69) is 18.7 Å². The number of carbonyl (C=O) groups is 1. The summed E-state index contributed by atoms with van der Waals surface area (Å²) < 4.78 is 23.2. The zero-order chi connectivity index (χ0) is 20.6. The van der Waals surface area contributed by atoms with E-state index in [-0.39, 0.29) is 0 Å². The highest BCUT2D eigenvalue weighted by atomic mass is 32.2. The Morgan fingerprint density at radius 1 is 1.11 bits per heavy atom. The fourth-order valence-electron chi connectivity index (χ4n) is 3.90. The lowest BCUT2D eigenvalue weighted by Crippen LogP contribution is -2.38. The second-order valence-electron chi connectivity index (χ2n) is 8.05. The molecule has 0 bridgehead atoms. The minimum Gasteiger partial charge on any atom is -0.343 e. The highest BCUT2D eigenvalue weighted by molar-refractivity contribution is 7.90. The van der Waals surface area contributed by atoms with E-state index in [4.69, 9.17) is 0 Å². The van der Waals surface area contributed by atoms with Crippen molar-refractivity contribution in [3.8, 4) is 0 Å². The summed E-state index contributed by atoms with van der Waals surface area (Å²) in [7, 11) is -3.14. The topological polar surface area (TPSA) is 57.7 Å². The number of piperidine rings is 1. The predicted octanol–water partition coefficient (Wildman–Crippen LogP) is 3.53. The van der Waals surface area contributed by atoms with Crippen LogP contribution in [0.25, 0.3) is 0 Å². The third-order valence-corrected chi connectivity index (χ3v) is 6.69. The van der Waals surface area contributed by atoms with Crippen LogP contribution in [-0.4, -0.2) is 62.6 Å². The minimum absolute atomic E-state index is 0.322. The maximum Gasteiger partial charge on any atom is 0.222 e. The van der Waals surface area contributed by atoms with E-state index in [1.807, 2.05) is 17.0 Å². The third-order valence-electron chi connectivity index (χ3n) is 5.56. The Morgan fingerprint density at radius 3 is 2.43 bits per heavy atom. The number of likely N-dealkylation sites (tertiary alicyclic amines) is 1. The Balaban J connectivity index is 1.81. The summed E-state index contributed by atoms with van der Waals surface area (Å²) in [5, 5.41) is 0. The van der Waals surface area contributed by atoms with Crippen molar-refractivity contribution in [2.45, 2.75) is 69.7 Å². The first-order chi connectivity index (χ1) is 13.3. The number of amides is 1. The number of nitrogens with zero attached hydrogens (tertiary/aromatic N) is 2. The van der Waals surface area contributed by atoms with Crippen molar-refractivity contribution in [2.24, 2.45) is 0 Å². The smallest absolute Gasteiger partial charge is 0.222 e. The molecule has 1 aromatic rings. The monoisotopic (exact) mass is 408 g/mol. The lowest BCUT2D eigenvalue weighted by Gasteiger charge is -2.30. The molecule has 1 saturated heterocycles. The van der Waals surface area contributed by atoms with Crippen molar-refractivity contribution >= 4 is 15.7 Å². The van der Waals surface area contributed by atoms with Gasteiger partial charge in [0.2, 0.25) is 5.91 Å². The summed E-state index contributed by atoms with van der Waals surface area (Å²) in [6.45, 7) is 8.36. The van der Waals surface area contributed by atoms with Gasteiger partial charge in [0, 0.05) is 31.8 Å². The van der Waals surface area contributed by atoms with Crippen LogP contribution in [0.2, 0.25) is 0 Å². The number of benzene rings is 1. The molecule has 2 rings (SSSR count). The highest BCUT2D eigenvalue weighted by Gasteiger charge is 2.18. The number of hydrogen-bond acceptors (Lipinski definition) is 4. The Kier molecular flexibility index (Phi) is 8.96. The van der Waals surface area contributed by atoms with Crippen molar-refractivity contribution in [1.29, 1.82) is 0 Å². The van der Waals surface area contributed by atoms with E-state index in [0.717, 1.165) is 71.1 Å². The van der Waals surface area contributed by atoms with E-state index < -0.39 is 9.84 Å². The van der Waals surface area contributed by atoms with Crippen molar-refractivity contribution in [3.05, 3.63) is 29.8 Å². The normalized spacial score (nSPS) is 16.6. The summed E-state index contributed by atoms with van der Waals surface area (Å²) in [6, 6.07) is 7.67. The maximum absolute atomic E-state index is 11.9. The number of unbranched alkanes of at least 4 members (excludes halogenated alkanes) is 1. The van der Waals surface area contributed by atoms with Crippen molar-refractivity contribution < 1.29 is 13.2 Å². The van der Waals surface area contributed by atoms with Crippen molar-refractivity contribution in [2.75, 3.05) is 32.4 Å². The molecule has 1 aliphatic heterocycles. The average Bonchev–Trinajstić information content (AvgIpc) is 2.65. The molecule has 28 heavy (non-hydrogen) atoms. The largest absolute Gasteiger partial charge is 0.343 e. The van der Waals surface area contributed by atoms with Crippen molar-refractivity contribution in [3.63, 3.8) is 0 Å². The van der Waals surface area contributed by atoms with Gasteiger partial charge in [-0.25, -0.2) is 8.42 Å². The van der Waals surface area contributed by atoms with Gasteiger partial charge in [0.25, 0.3) is 0 Å². The van der Waals surface area contributed by atoms with E-state index in [9.17, 15) is 13.2 Å². The van der Waals surface area contributed by atoms with Crippen LogP contribution in [0.5, 0.6) is 0 Å². The molecule has 0 N–H and O–H groups in total. The van der Waals surface area contributed by atoms with Crippen LogP contribution < -0.4 is 0 Å². The van der Waals surface area contributed by atoms with Gasteiger partial charge < -0.3 is 9.80 Å². The fraction of sp³-hybridized carbons (Fsp3) is 0.682. The van der Waals surface area contributed by atoms with Gasteiger partial charge in [-0.15, -0.1) is 0 Å². The third kappa shape index (κ3) is 7.21. The molecule has 1 unspecified atom stereocenters. The van der Waals surface area contributed by atoms with Crippen LogP contribution in [-0.2, 0) is 21.1 Å². The fourth-order valence-corrected chi connectivity index (χ4v) is 4.53. The predicted molar refractivity (Wildman–Crippen MR) is 114 cm³/mol. The number of rotatable bonds is 11. The number of sulfone groups is 1. The molecule has 0 spiro atoms. The minimum atomic E-state index is -3.14. The van der Waals surface area contributed by atoms with E-state index in [0.29, 0.717) is 16.8 Å². The highest BCUT2D eigenvalue weighted by Crippen LogP contribution is 2.15. The summed E-state index contributed by atoms with van der Waals surface area (Å²) >= 11 is 0. The molecule has 158 valence electrons. The van der Waals surface area contributed by atoms with Gasteiger partial charge in [0.15, 0.2) is 9.84 Å². The molecular formula is C22H36N2O3S. The molecule has 1 aliphatic rings. The molecule has 1 amide bonds. The molecule has 1 heterocycles. The molecule has 1 fully saturated rings. The second kappa shape index (κ2) is 11.0. The summed E-state index contributed by atoms with van der Waals surface area (Å²) in [5.41, 5.74) is 1.17. The molecule has 1 atom stereocenters. The van der Waals surface area contributed by atoms with Gasteiger partial charge in [-0.05, 0) is 76.2 Å².